The van der Waals surface area contributed by atoms with Crippen molar-refractivity contribution >= 4 is 0 Å². The van der Waals surface area contributed by atoms with Gasteiger partial charge < -0.3 is 4.74 Å². The van der Waals surface area contributed by atoms with Crippen molar-refractivity contribution in [3.63, 3.8) is 0 Å². The summed E-state index contributed by atoms with van der Waals surface area (Å²) in [5.41, 5.74) is 2.84. The highest BCUT2D eigenvalue weighted by atomic mass is 19.3. The van der Waals surface area contributed by atoms with E-state index >= 15 is 0 Å². The Labute approximate surface area is 101 Å². The van der Waals surface area contributed by atoms with Crippen molar-refractivity contribution in [3.05, 3.63) is 0 Å². The monoisotopic (exact) mass is 248 g/mol. The minimum atomic E-state index is -2.46. The number of rotatable bonds is 3. The quantitative estimate of drug-likeness (QED) is 0.594. The molecule has 2 unspecified atom stereocenters. The lowest BCUT2D eigenvalue weighted by Gasteiger charge is -2.38. The van der Waals surface area contributed by atoms with Crippen LogP contribution >= 0.6 is 0 Å². The molecular weight excluding hydrogens is 226 g/mol. The summed E-state index contributed by atoms with van der Waals surface area (Å²) in [6.45, 7) is 1.53. The molecule has 0 aromatic carbocycles. The van der Waals surface area contributed by atoms with Gasteiger partial charge in [-0.1, -0.05) is 0 Å². The molecule has 0 aromatic heterocycles. The van der Waals surface area contributed by atoms with Crippen molar-refractivity contribution < 1.29 is 13.5 Å². The number of hydrogen-bond acceptors (Lipinski definition) is 3. The van der Waals surface area contributed by atoms with E-state index in [1.54, 1.807) is 0 Å². The second-order valence-electron chi connectivity index (χ2n) is 5.36. The zero-order chi connectivity index (χ0) is 12.3. The van der Waals surface area contributed by atoms with Crippen LogP contribution in [-0.4, -0.2) is 25.2 Å². The zero-order valence-corrected chi connectivity index (χ0v) is 10.1. The van der Waals surface area contributed by atoms with Crippen LogP contribution in [0.15, 0.2) is 0 Å². The zero-order valence-electron chi connectivity index (χ0n) is 10.1. The Morgan fingerprint density at radius 1 is 1.18 bits per heavy atom. The van der Waals surface area contributed by atoms with Crippen LogP contribution in [0.25, 0.3) is 0 Å². The Morgan fingerprint density at radius 2 is 1.88 bits per heavy atom. The molecule has 2 rings (SSSR count). The summed E-state index contributed by atoms with van der Waals surface area (Å²) in [6.07, 6.45) is 3.27. The summed E-state index contributed by atoms with van der Waals surface area (Å²) in [5.74, 6) is 3.80. The molecule has 100 valence electrons. The molecule has 1 aliphatic carbocycles. The maximum atomic E-state index is 13.1. The van der Waals surface area contributed by atoms with Crippen LogP contribution in [0.4, 0.5) is 8.78 Å². The second-order valence-corrected chi connectivity index (χ2v) is 5.36. The predicted octanol–water partition coefficient (Wildman–Crippen LogP) is 2.07. The van der Waals surface area contributed by atoms with E-state index in [1.165, 1.54) is 0 Å². The number of ether oxygens (including phenoxy) is 1. The molecule has 2 atom stereocenters. The van der Waals surface area contributed by atoms with Gasteiger partial charge >= 0.3 is 0 Å². The Kier molecular flexibility index (Phi) is 4.33. The molecule has 5 heteroatoms. The maximum Gasteiger partial charge on any atom is 0.248 e. The first-order chi connectivity index (χ1) is 8.12. The molecule has 0 aromatic rings. The van der Waals surface area contributed by atoms with Crippen molar-refractivity contribution in [1.29, 1.82) is 0 Å². The van der Waals surface area contributed by atoms with E-state index < -0.39 is 5.92 Å². The molecule has 1 aliphatic heterocycles. The Morgan fingerprint density at radius 3 is 2.41 bits per heavy atom. The van der Waals surface area contributed by atoms with Gasteiger partial charge in [0.1, 0.15) is 0 Å². The second kappa shape index (κ2) is 5.59. The van der Waals surface area contributed by atoms with Gasteiger partial charge in [-0.05, 0) is 37.5 Å². The number of hydrazine groups is 1. The fourth-order valence-corrected chi connectivity index (χ4v) is 3.13. The average molecular weight is 248 g/mol. The highest BCUT2D eigenvalue weighted by molar-refractivity contribution is 4.88. The minimum absolute atomic E-state index is 0.00340. The van der Waals surface area contributed by atoms with E-state index in [4.69, 9.17) is 10.6 Å². The van der Waals surface area contributed by atoms with Gasteiger partial charge in [0, 0.05) is 25.5 Å². The number of nitrogens with two attached hydrogens (primary N) is 1. The van der Waals surface area contributed by atoms with Crippen LogP contribution in [0.1, 0.15) is 38.5 Å². The third-order valence-corrected chi connectivity index (χ3v) is 4.17. The standard InChI is InChI=1S/C12H22F2N2O/c13-12(14)5-3-9(4-6-12)11(16-15)10-2-1-7-17-8-10/h9-11,16H,1-8,15H2. The summed E-state index contributed by atoms with van der Waals surface area (Å²) >= 11 is 0. The molecule has 17 heavy (non-hydrogen) atoms. The van der Waals surface area contributed by atoms with Crippen LogP contribution in [-0.2, 0) is 4.74 Å². The van der Waals surface area contributed by atoms with Gasteiger partial charge in [-0.15, -0.1) is 0 Å². The van der Waals surface area contributed by atoms with Crippen LogP contribution < -0.4 is 11.3 Å². The highest BCUT2D eigenvalue weighted by Gasteiger charge is 2.39. The Bertz CT molecular complexity index is 235. The van der Waals surface area contributed by atoms with Crippen molar-refractivity contribution in [1.82, 2.24) is 5.43 Å². The lowest BCUT2D eigenvalue weighted by molar-refractivity contribution is -0.0571. The molecule has 0 bridgehead atoms. The van der Waals surface area contributed by atoms with Crippen molar-refractivity contribution in [2.75, 3.05) is 13.2 Å². The molecule has 3 N–H and O–H groups in total. The lowest BCUT2D eigenvalue weighted by Crippen LogP contribution is -2.50. The minimum Gasteiger partial charge on any atom is -0.381 e. The molecule has 0 amide bonds. The van der Waals surface area contributed by atoms with E-state index in [-0.39, 0.29) is 24.8 Å². The largest absolute Gasteiger partial charge is 0.381 e. The number of nitrogens with one attached hydrogen (secondary N) is 1. The van der Waals surface area contributed by atoms with E-state index in [1.807, 2.05) is 0 Å². The van der Waals surface area contributed by atoms with Gasteiger partial charge in [0.2, 0.25) is 5.92 Å². The first kappa shape index (κ1) is 13.2. The molecule has 1 saturated carbocycles. The van der Waals surface area contributed by atoms with Crippen molar-refractivity contribution in [3.8, 4) is 0 Å². The number of halogens is 2. The first-order valence-electron chi connectivity index (χ1n) is 6.54. The van der Waals surface area contributed by atoms with Crippen LogP contribution in [0, 0.1) is 11.8 Å². The van der Waals surface area contributed by atoms with E-state index in [0.29, 0.717) is 25.4 Å². The predicted molar refractivity (Wildman–Crippen MR) is 61.6 cm³/mol. The molecule has 2 fully saturated rings. The number of alkyl halides is 2. The average Bonchev–Trinajstić information content (AvgIpc) is 2.33. The van der Waals surface area contributed by atoms with Crippen LogP contribution in [0.5, 0.6) is 0 Å². The highest BCUT2D eigenvalue weighted by Crippen LogP contribution is 2.39. The third-order valence-electron chi connectivity index (χ3n) is 4.17. The SMILES string of the molecule is NNC(C1CCC(F)(F)CC1)C1CCCOC1. The van der Waals surface area contributed by atoms with Crippen LogP contribution in [0.2, 0.25) is 0 Å². The van der Waals surface area contributed by atoms with Gasteiger partial charge in [-0.2, -0.15) is 0 Å². The van der Waals surface area contributed by atoms with E-state index in [0.717, 1.165) is 19.4 Å². The van der Waals surface area contributed by atoms with E-state index in [2.05, 4.69) is 5.43 Å². The maximum absolute atomic E-state index is 13.1. The molecule has 3 nitrogen and oxygen atoms in total. The van der Waals surface area contributed by atoms with Gasteiger partial charge in [-0.25, -0.2) is 8.78 Å². The fourth-order valence-electron chi connectivity index (χ4n) is 3.13. The third kappa shape index (κ3) is 3.36. The van der Waals surface area contributed by atoms with Crippen molar-refractivity contribution in [2.24, 2.45) is 17.7 Å². The van der Waals surface area contributed by atoms with Gasteiger partial charge in [0.25, 0.3) is 0 Å². The summed E-state index contributed by atoms with van der Waals surface area (Å²) in [5, 5.41) is 0. The van der Waals surface area contributed by atoms with E-state index in [9.17, 15) is 8.78 Å². The molecule has 0 radical (unpaired) electrons. The summed E-state index contributed by atoms with van der Waals surface area (Å²) in [7, 11) is 0. The molecule has 0 spiro atoms. The topological polar surface area (TPSA) is 47.3 Å². The lowest BCUT2D eigenvalue weighted by atomic mass is 9.76. The summed E-state index contributed by atoms with van der Waals surface area (Å²) < 4.78 is 31.7. The first-order valence-corrected chi connectivity index (χ1v) is 6.54. The van der Waals surface area contributed by atoms with Gasteiger partial charge in [-0.3, -0.25) is 11.3 Å². The van der Waals surface area contributed by atoms with Crippen molar-refractivity contribution in [2.45, 2.75) is 50.5 Å². The summed E-state index contributed by atoms with van der Waals surface area (Å²) in [6, 6.07) is 0.131. The number of hydrogen-bond donors (Lipinski definition) is 2. The molecule has 1 heterocycles. The molecule has 1 saturated heterocycles. The fraction of sp³-hybridized carbons (Fsp3) is 1.00. The molecule has 2 aliphatic rings. The van der Waals surface area contributed by atoms with Gasteiger partial charge in [0.05, 0.1) is 6.61 Å². The Balaban J connectivity index is 1.89. The summed E-state index contributed by atoms with van der Waals surface area (Å²) in [4.78, 5) is 0. The van der Waals surface area contributed by atoms with Crippen LogP contribution in [0.3, 0.4) is 0 Å². The molecular formula is C12H22F2N2O. The Hall–Kier alpha value is -0.260. The van der Waals surface area contributed by atoms with Gasteiger partial charge in [0.15, 0.2) is 0 Å². The normalized spacial score (nSPS) is 32.3. The smallest absolute Gasteiger partial charge is 0.248 e.